The molecule has 3 atom stereocenters. The van der Waals surface area contributed by atoms with E-state index in [4.69, 9.17) is 10.8 Å². The molecule has 1 heterocycles. The van der Waals surface area contributed by atoms with E-state index in [-0.39, 0.29) is 18.7 Å². The van der Waals surface area contributed by atoms with Gasteiger partial charge in [-0.05, 0) is 19.4 Å². The van der Waals surface area contributed by atoms with Crippen molar-refractivity contribution in [2.45, 2.75) is 31.0 Å². The van der Waals surface area contributed by atoms with E-state index in [0.29, 0.717) is 0 Å². The predicted octanol–water partition coefficient (Wildman–Crippen LogP) is -1.58. The minimum absolute atomic E-state index is 0.0243. The van der Waals surface area contributed by atoms with Gasteiger partial charge in [0.1, 0.15) is 0 Å². The van der Waals surface area contributed by atoms with Crippen molar-refractivity contribution in [1.29, 1.82) is 0 Å². The second-order valence-electron chi connectivity index (χ2n) is 3.09. The maximum atomic E-state index is 9.23. The van der Waals surface area contributed by atoms with Gasteiger partial charge in [-0.2, -0.15) is 0 Å². The van der Waals surface area contributed by atoms with Crippen molar-refractivity contribution in [1.82, 2.24) is 5.32 Å². The van der Waals surface area contributed by atoms with Crippen LogP contribution in [0.5, 0.6) is 0 Å². The minimum Gasteiger partial charge on any atom is -0.394 e. The van der Waals surface area contributed by atoms with Gasteiger partial charge in [-0.25, -0.2) is 0 Å². The van der Waals surface area contributed by atoms with Crippen molar-refractivity contribution in [3.05, 3.63) is 0 Å². The van der Waals surface area contributed by atoms with Crippen molar-refractivity contribution in [3.63, 3.8) is 0 Å². The van der Waals surface area contributed by atoms with Crippen molar-refractivity contribution in [2.75, 3.05) is 13.2 Å². The minimum atomic E-state index is -0.665. The Kier molecular flexibility index (Phi) is 3.26. The zero-order chi connectivity index (χ0) is 8.27. The Hall–Kier alpha value is -0.160. The van der Waals surface area contributed by atoms with Crippen LogP contribution < -0.4 is 11.1 Å². The molecule has 0 aromatic carbocycles. The highest BCUT2D eigenvalue weighted by atomic mass is 16.3. The van der Waals surface area contributed by atoms with Crippen LogP contribution in [0.25, 0.3) is 0 Å². The summed E-state index contributed by atoms with van der Waals surface area (Å²) in [6, 6.07) is 0.145. The molecule has 0 spiro atoms. The van der Waals surface area contributed by atoms with Crippen LogP contribution in [-0.2, 0) is 0 Å². The molecular formula is C7H16N2O2. The monoisotopic (exact) mass is 160 g/mol. The average molecular weight is 160 g/mol. The molecule has 11 heavy (non-hydrogen) atoms. The Balaban J connectivity index is 2.33. The van der Waals surface area contributed by atoms with Gasteiger partial charge in [-0.1, -0.05) is 0 Å². The lowest BCUT2D eigenvalue weighted by atomic mass is 9.96. The summed E-state index contributed by atoms with van der Waals surface area (Å²) in [7, 11) is 0. The highest BCUT2D eigenvalue weighted by Gasteiger charge is 2.24. The second-order valence-corrected chi connectivity index (χ2v) is 3.09. The smallest absolute Gasteiger partial charge is 0.0924 e. The Bertz CT molecular complexity index is 121. The Morgan fingerprint density at radius 2 is 2.36 bits per heavy atom. The molecule has 66 valence electrons. The fourth-order valence-corrected chi connectivity index (χ4v) is 1.40. The maximum Gasteiger partial charge on any atom is 0.0924 e. The first-order chi connectivity index (χ1) is 5.24. The van der Waals surface area contributed by atoms with E-state index in [9.17, 15) is 5.11 Å². The van der Waals surface area contributed by atoms with Gasteiger partial charge < -0.3 is 21.3 Å². The van der Waals surface area contributed by atoms with Crippen LogP contribution in [-0.4, -0.2) is 41.6 Å². The molecule has 1 rings (SSSR count). The van der Waals surface area contributed by atoms with E-state index in [2.05, 4.69) is 5.32 Å². The zero-order valence-electron chi connectivity index (χ0n) is 6.53. The van der Waals surface area contributed by atoms with E-state index in [1.807, 2.05) is 0 Å². The van der Waals surface area contributed by atoms with Gasteiger partial charge in [0.25, 0.3) is 0 Å². The van der Waals surface area contributed by atoms with E-state index in [1.54, 1.807) is 0 Å². The largest absolute Gasteiger partial charge is 0.394 e. The first kappa shape index (κ1) is 8.93. The van der Waals surface area contributed by atoms with Gasteiger partial charge in [0.2, 0.25) is 0 Å². The predicted molar refractivity (Wildman–Crippen MR) is 42.1 cm³/mol. The fraction of sp³-hybridized carbons (Fsp3) is 1.00. The number of hydrogen-bond donors (Lipinski definition) is 4. The summed E-state index contributed by atoms with van der Waals surface area (Å²) in [4.78, 5) is 0. The third-order valence-corrected chi connectivity index (χ3v) is 2.13. The number of aliphatic hydroxyl groups is 2. The number of hydrogen-bond acceptors (Lipinski definition) is 4. The maximum absolute atomic E-state index is 9.23. The number of aliphatic hydroxyl groups excluding tert-OH is 2. The summed E-state index contributed by atoms with van der Waals surface area (Å²) >= 11 is 0. The normalized spacial score (nSPS) is 35.2. The van der Waals surface area contributed by atoms with E-state index >= 15 is 0 Å². The van der Waals surface area contributed by atoms with Crippen molar-refractivity contribution < 1.29 is 10.2 Å². The number of nitrogens with two attached hydrogens (primary N) is 1. The van der Waals surface area contributed by atoms with Crippen LogP contribution in [0.3, 0.4) is 0 Å². The lowest BCUT2D eigenvalue weighted by Crippen LogP contribution is -2.50. The molecule has 1 aliphatic heterocycles. The molecule has 1 aliphatic rings. The average Bonchev–Trinajstić information content (AvgIpc) is 2.03. The molecular weight excluding hydrogens is 144 g/mol. The second kappa shape index (κ2) is 4.01. The molecule has 0 saturated carbocycles. The zero-order valence-corrected chi connectivity index (χ0v) is 6.53. The summed E-state index contributed by atoms with van der Waals surface area (Å²) in [6.07, 6.45) is 1.04. The lowest BCUT2D eigenvalue weighted by Gasteiger charge is -2.30. The van der Waals surface area contributed by atoms with Crippen LogP contribution in [0.1, 0.15) is 12.8 Å². The molecule has 0 aromatic rings. The highest BCUT2D eigenvalue weighted by molar-refractivity contribution is 4.84. The molecule has 5 N–H and O–H groups in total. The van der Waals surface area contributed by atoms with Gasteiger partial charge >= 0.3 is 0 Å². The molecule has 1 fully saturated rings. The molecule has 0 bridgehead atoms. The van der Waals surface area contributed by atoms with Crippen LogP contribution in [0.15, 0.2) is 0 Å². The van der Waals surface area contributed by atoms with Gasteiger partial charge in [-0.3, -0.25) is 0 Å². The first-order valence-electron chi connectivity index (χ1n) is 4.02. The Morgan fingerprint density at radius 3 is 2.91 bits per heavy atom. The van der Waals surface area contributed by atoms with Crippen molar-refractivity contribution >= 4 is 0 Å². The molecule has 0 radical (unpaired) electrons. The number of piperidine rings is 1. The van der Waals surface area contributed by atoms with E-state index in [0.717, 1.165) is 19.4 Å². The quantitative estimate of drug-likeness (QED) is 0.393. The molecule has 0 aromatic heterocycles. The summed E-state index contributed by atoms with van der Waals surface area (Å²) in [5.74, 6) is 0. The van der Waals surface area contributed by atoms with Crippen molar-refractivity contribution in [2.24, 2.45) is 5.73 Å². The molecule has 1 saturated heterocycles. The Morgan fingerprint density at radius 1 is 1.64 bits per heavy atom. The van der Waals surface area contributed by atoms with Crippen LogP contribution in [0.4, 0.5) is 0 Å². The number of rotatable bonds is 2. The molecule has 4 nitrogen and oxygen atoms in total. The van der Waals surface area contributed by atoms with Gasteiger partial charge in [-0.15, -0.1) is 0 Å². The third kappa shape index (κ3) is 2.41. The standard InChI is InChI=1S/C7H16N2O2/c8-5-1-2-9-6(3-5)7(11)4-10/h5-7,9-11H,1-4,8H2. The highest BCUT2D eigenvalue weighted by Crippen LogP contribution is 2.09. The molecule has 0 amide bonds. The van der Waals surface area contributed by atoms with Gasteiger partial charge in [0.15, 0.2) is 0 Å². The van der Waals surface area contributed by atoms with Gasteiger partial charge in [0, 0.05) is 12.1 Å². The summed E-state index contributed by atoms with van der Waals surface area (Å²) in [5.41, 5.74) is 5.68. The van der Waals surface area contributed by atoms with Gasteiger partial charge in [0.05, 0.1) is 12.7 Å². The van der Waals surface area contributed by atoms with E-state index < -0.39 is 6.10 Å². The summed E-state index contributed by atoms with van der Waals surface area (Å²) in [6.45, 7) is 0.646. The third-order valence-electron chi connectivity index (χ3n) is 2.13. The summed E-state index contributed by atoms with van der Waals surface area (Å²) in [5, 5.41) is 21.0. The van der Waals surface area contributed by atoms with Crippen molar-refractivity contribution in [3.8, 4) is 0 Å². The van der Waals surface area contributed by atoms with Crippen LogP contribution >= 0.6 is 0 Å². The molecule has 4 heteroatoms. The summed E-state index contributed by atoms with van der Waals surface area (Å²) < 4.78 is 0. The molecule has 3 unspecified atom stereocenters. The van der Waals surface area contributed by atoms with Crippen LogP contribution in [0, 0.1) is 0 Å². The molecule has 0 aliphatic carbocycles. The first-order valence-corrected chi connectivity index (χ1v) is 4.02. The lowest BCUT2D eigenvalue weighted by molar-refractivity contribution is 0.0517. The van der Waals surface area contributed by atoms with E-state index in [1.165, 1.54) is 0 Å². The topological polar surface area (TPSA) is 78.5 Å². The van der Waals surface area contributed by atoms with Crippen LogP contribution in [0.2, 0.25) is 0 Å². The SMILES string of the molecule is NC1CCNC(C(O)CO)C1. The fourth-order valence-electron chi connectivity index (χ4n) is 1.40. The Labute approximate surface area is 66.4 Å². The number of nitrogens with one attached hydrogen (secondary N) is 1.